The molecule has 0 amide bonds. The lowest BCUT2D eigenvalue weighted by atomic mass is 9.71. The molecule has 1 aliphatic heterocycles. The Balaban J connectivity index is 2.68. The molecular formula is C14H29NO2S. The average Bonchev–Trinajstić information content (AvgIpc) is 2.66. The van der Waals surface area contributed by atoms with E-state index in [-0.39, 0.29) is 5.41 Å². The molecule has 108 valence electrons. The van der Waals surface area contributed by atoms with Crippen LogP contribution in [0.1, 0.15) is 47.0 Å². The molecule has 1 atom stereocenters. The van der Waals surface area contributed by atoms with Crippen LogP contribution < -0.4 is 5.32 Å². The van der Waals surface area contributed by atoms with E-state index in [0.29, 0.717) is 23.3 Å². The highest BCUT2D eigenvalue weighted by atomic mass is 32.2. The minimum absolute atomic E-state index is 0.165. The summed E-state index contributed by atoms with van der Waals surface area (Å²) in [5.74, 6) is 1.78. The molecule has 0 aromatic heterocycles. The van der Waals surface area contributed by atoms with Crippen LogP contribution in [-0.4, -0.2) is 33.0 Å². The zero-order valence-corrected chi connectivity index (χ0v) is 13.1. The van der Waals surface area contributed by atoms with Gasteiger partial charge in [-0.2, -0.15) is 0 Å². The maximum Gasteiger partial charge on any atom is 0.150 e. The first-order chi connectivity index (χ1) is 8.35. The van der Waals surface area contributed by atoms with Gasteiger partial charge in [-0.15, -0.1) is 0 Å². The predicted molar refractivity (Wildman–Crippen MR) is 77.5 cm³/mol. The fraction of sp³-hybridized carbons (Fsp3) is 1.00. The molecule has 0 saturated carbocycles. The third kappa shape index (κ3) is 3.95. The van der Waals surface area contributed by atoms with E-state index in [0.717, 1.165) is 32.4 Å². The summed E-state index contributed by atoms with van der Waals surface area (Å²) in [5, 5.41) is 3.54. The Morgan fingerprint density at radius 1 is 1.28 bits per heavy atom. The van der Waals surface area contributed by atoms with Crippen molar-refractivity contribution in [2.24, 2.45) is 17.3 Å². The molecule has 0 radical (unpaired) electrons. The van der Waals surface area contributed by atoms with Gasteiger partial charge in [-0.1, -0.05) is 27.7 Å². The normalized spacial score (nSPS) is 23.7. The first kappa shape index (κ1) is 16.0. The number of rotatable bonds is 7. The summed E-state index contributed by atoms with van der Waals surface area (Å²) in [5.41, 5.74) is 0.165. The van der Waals surface area contributed by atoms with E-state index < -0.39 is 9.84 Å². The Morgan fingerprint density at radius 2 is 1.89 bits per heavy atom. The molecule has 0 aliphatic carbocycles. The molecule has 1 N–H and O–H groups in total. The topological polar surface area (TPSA) is 46.2 Å². The zero-order chi connectivity index (χ0) is 13.8. The lowest BCUT2D eigenvalue weighted by Crippen LogP contribution is -2.41. The summed E-state index contributed by atoms with van der Waals surface area (Å²) in [7, 11) is -2.77. The molecule has 1 heterocycles. The molecule has 18 heavy (non-hydrogen) atoms. The second-order valence-electron chi connectivity index (χ2n) is 6.19. The van der Waals surface area contributed by atoms with Crippen LogP contribution in [0, 0.1) is 17.3 Å². The molecule has 0 spiro atoms. The smallest absolute Gasteiger partial charge is 0.150 e. The van der Waals surface area contributed by atoms with E-state index in [9.17, 15) is 8.42 Å². The number of nitrogens with one attached hydrogen (secondary N) is 1. The van der Waals surface area contributed by atoms with Crippen molar-refractivity contribution >= 4 is 9.84 Å². The van der Waals surface area contributed by atoms with Gasteiger partial charge in [0.05, 0.1) is 11.5 Å². The van der Waals surface area contributed by atoms with Crippen LogP contribution in [0.4, 0.5) is 0 Å². The van der Waals surface area contributed by atoms with Crippen molar-refractivity contribution in [3.05, 3.63) is 0 Å². The Hall–Kier alpha value is -0.0900. The molecule has 0 bridgehead atoms. The fourth-order valence-electron chi connectivity index (χ4n) is 3.11. The monoisotopic (exact) mass is 275 g/mol. The summed E-state index contributed by atoms with van der Waals surface area (Å²) in [6.07, 6.45) is 2.98. The summed E-state index contributed by atoms with van der Waals surface area (Å²) >= 11 is 0. The van der Waals surface area contributed by atoms with Crippen molar-refractivity contribution in [2.75, 3.05) is 24.6 Å². The Bertz CT molecular complexity index is 345. The highest BCUT2D eigenvalue weighted by Crippen LogP contribution is 2.41. The summed E-state index contributed by atoms with van der Waals surface area (Å²) in [6.45, 7) is 10.8. The number of sulfone groups is 1. The number of hydrogen-bond acceptors (Lipinski definition) is 3. The lowest BCUT2D eigenvalue weighted by Gasteiger charge is -2.38. The van der Waals surface area contributed by atoms with Gasteiger partial charge in [0.2, 0.25) is 0 Å². The van der Waals surface area contributed by atoms with Crippen LogP contribution in [0.3, 0.4) is 0 Å². The molecule has 0 aromatic rings. The van der Waals surface area contributed by atoms with Crippen molar-refractivity contribution in [1.82, 2.24) is 5.32 Å². The minimum Gasteiger partial charge on any atom is -0.316 e. The second kappa shape index (κ2) is 6.38. The Kier molecular flexibility index (Phi) is 5.66. The molecule has 1 fully saturated rings. The van der Waals surface area contributed by atoms with Crippen LogP contribution in [0.2, 0.25) is 0 Å². The first-order valence-corrected chi connectivity index (χ1v) is 9.08. The molecule has 3 nitrogen and oxygen atoms in total. The molecule has 4 heteroatoms. The van der Waals surface area contributed by atoms with Gasteiger partial charge in [0, 0.05) is 6.54 Å². The van der Waals surface area contributed by atoms with Gasteiger partial charge >= 0.3 is 0 Å². The van der Waals surface area contributed by atoms with E-state index in [1.165, 1.54) is 0 Å². The third-order valence-electron chi connectivity index (χ3n) is 4.54. The maximum absolute atomic E-state index is 11.7. The van der Waals surface area contributed by atoms with Crippen molar-refractivity contribution in [3.63, 3.8) is 0 Å². The van der Waals surface area contributed by atoms with Gasteiger partial charge < -0.3 is 5.32 Å². The van der Waals surface area contributed by atoms with Gasteiger partial charge in [0.25, 0.3) is 0 Å². The molecule has 1 aliphatic rings. The van der Waals surface area contributed by atoms with Crippen molar-refractivity contribution in [3.8, 4) is 0 Å². The summed E-state index contributed by atoms with van der Waals surface area (Å²) < 4.78 is 23.4. The predicted octanol–water partition coefficient (Wildman–Crippen LogP) is 2.47. The van der Waals surface area contributed by atoms with Gasteiger partial charge in [-0.05, 0) is 43.1 Å². The molecule has 1 unspecified atom stereocenters. The number of hydrogen-bond donors (Lipinski definition) is 1. The molecule has 0 aromatic carbocycles. The minimum atomic E-state index is -2.77. The Morgan fingerprint density at radius 3 is 2.28 bits per heavy atom. The van der Waals surface area contributed by atoms with Crippen molar-refractivity contribution < 1.29 is 8.42 Å². The van der Waals surface area contributed by atoms with E-state index in [2.05, 4.69) is 33.0 Å². The second-order valence-corrected chi connectivity index (χ2v) is 8.42. The lowest BCUT2D eigenvalue weighted by molar-refractivity contribution is 0.154. The van der Waals surface area contributed by atoms with Gasteiger partial charge in [0.1, 0.15) is 0 Å². The van der Waals surface area contributed by atoms with Crippen LogP contribution >= 0.6 is 0 Å². The zero-order valence-electron chi connectivity index (χ0n) is 12.3. The van der Waals surface area contributed by atoms with Crippen molar-refractivity contribution in [1.29, 1.82) is 0 Å². The van der Waals surface area contributed by atoms with Crippen LogP contribution in [0.25, 0.3) is 0 Å². The van der Waals surface area contributed by atoms with Gasteiger partial charge in [0.15, 0.2) is 9.84 Å². The fourth-order valence-corrected chi connectivity index (χ4v) is 5.05. The highest BCUT2D eigenvalue weighted by Gasteiger charge is 2.41. The largest absolute Gasteiger partial charge is 0.316 e. The third-order valence-corrected chi connectivity index (χ3v) is 6.30. The van der Waals surface area contributed by atoms with Gasteiger partial charge in [-0.25, -0.2) is 8.42 Å². The summed E-state index contributed by atoms with van der Waals surface area (Å²) in [4.78, 5) is 0. The highest BCUT2D eigenvalue weighted by molar-refractivity contribution is 7.91. The Labute approximate surface area is 113 Å². The average molecular weight is 275 g/mol. The maximum atomic E-state index is 11.7. The quantitative estimate of drug-likeness (QED) is 0.776. The van der Waals surface area contributed by atoms with Crippen molar-refractivity contribution in [2.45, 2.75) is 47.0 Å². The molecular weight excluding hydrogens is 246 g/mol. The van der Waals surface area contributed by atoms with E-state index in [4.69, 9.17) is 0 Å². The summed E-state index contributed by atoms with van der Waals surface area (Å²) in [6, 6.07) is 0. The van der Waals surface area contributed by atoms with Gasteiger partial charge in [-0.3, -0.25) is 0 Å². The van der Waals surface area contributed by atoms with Crippen LogP contribution in [0.15, 0.2) is 0 Å². The van der Waals surface area contributed by atoms with E-state index >= 15 is 0 Å². The van der Waals surface area contributed by atoms with E-state index in [1.54, 1.807) is 0 Å². The van der Waals surface area contributed by atoms with Crippen LogP contribution in [-0.2, 0) is 9.84 Å². The SMILES string of the molecule is CCC(CC)(CNCC(C)C)C1CCS(=O)(=O)C1. The first-order valence-electron chi connectivity index (χ1n) is 7.26. The molecule has 1 saturated heterocycles. The standard InChI is InChI=1S/C14H29NO2S/c1-5-14(6-2,11-15-9-12(3)4)13-7-8-18(16,17)10-13/h12-13,15H,5-11H2,1-4H3. The molecule has 1 rings (SSSR count). The van der Waals surface area contributed by atoms with Crippen LogP contribution in [0.5, 0.6) is 0 Å². The van der Waals surface area contributed by atoms with E-state index in [1.807, 2.05) is 0 Å².